The van der Waals surface area contributed by atoms with E-state index in [0.29, 0.717) is 16.9 Å². The van der Waals surface area contributed by atoms with Crippen LogP contribution < -0.4 is 5.32 Å². The SMILES string of the molecule is Cc1ccc([N+](=O)[O-])cc1NC(=O)c1cccc(-n2cnnn2)c1. The molecule has 120 valence electrons. The second-order valence-electron chi connectivity index (χ2n) is 5.02. The molecule has 1 N–H and O–H groups in total. The second kappa shape index (κ2) is 6.24. The van der Waals surface area contributed by atoms with Crippen LogP contribution in [0.5, 0.6) is 0 Å². The molecule has 0 atom stereocenters. The number of tetrazole rings is 1. The maximum atomic E-state index is 12.4. The molecule has 3 rings (SSSR count). The van der Waals surface area contributed by atoms with Gasteiger partial charge in [0.05, 0.1) is 16.3 Å². The molecule has 2 aromatic carbocycles. The van der Waals surface area contributed by atoms with Gasteiger partial charge in [-0.2, -0.15) is 0 Å². The largest absolute Gasteiger partial charge is 0.321 e. The van der Waals surface area contributed by atoms with Crippen molar-refractivity contribution in [1.82, 2.24) is 20.2 Å². The number of nitrogens with one attached hydrogen (secondary N) is 1. The van der Waals surface area contributed by atoms with Gasteiger partial charge in [0.25, 0.3) is 11.6 Å². The van der Waals surface area contributed by atoms with Gasteiger partial charge in [0.15, 0.2) is 0 Å². The second-order valence-corrected chi connectivity index (χ2v) is 5.02. The maximum Gasteiger partial charge on any atom is 0.271 e. The third-order valence-corrected chi connectivity index (χ3v) is 3.40. The van der Waals surface area contributed by atoms with E-state index in [1.54, 1.807) is 37.3 Å². The number of non-ortho nitro benzene ring substituents is 1. The van der Waals surface area contributed by atoms with E-state index in [-0.39, 0.29) is 11.6 Å². The van der Waals surface area contributed by atoms with Gasteiger partial charge < -0.3 is 5.32 Å². The van der Waals surface area contributed by atoms with Crippen molar-refractivity contribution in [2.75, 3.05) is 5.32 Å². The fourth-order valence-electron chi connectivity index (χ4n) is 2.12. The molecule has 0 bridgehead atoms. The Morgan fingerprint density at radius 2 is 2.08 bits per heavy atom. The number of aryl methyl sites for hydroxylation is 1. The summed E-state index contributed by atoms with van der Waals surface area (Å²) in [7, 11) is 0. The number of nitrogens with zero attached hydrogens (tertiary/aromatic N) is 5. The number of aromatic nitrogens is 4. The number of hydrogen-bond acceptors (Lipinski definition) is 6. The van der Waals surface area contributed by atoms with Crippen molar-refractivity contribution < 1.29 is 9.72 Å². The van der Waals surface area contributed by atoms with Crippen molar-refractivity contribution in [2.45, 2.75) is 6.92 Å². The van der Waals surface area contributed by atoms with Crippen LogP contribution in [0.4, 0.5) is 11.4 Å². The van der Waals surface area contributed by atoms with Crippen molar-refractivity contribution in [3.05, 3.63) is 70.0 Å². The Morgan fingerprint density at radius 1 is 1.25 bits per heavy atom. The van der Waals surface area contributed by atoms with Gasteiger partial charge in [-0.3, -0.25) is 14.9 Å². The fraction of sp³-hybridized carbons (Fsp3) is 0.0667. The Morgan fingerprint density at radius 3 is 2.79 bits per heavy atom. The molecule has 0 unspecified atom stereocenters. The molecule has 0 spiro atoms. The van der Waals surface area contributed by atoms with Crippen molar-refractivity contribution in [2.24, 2.45) is 0 Å². The Kier molecular flexibility index (Phi) is 3.98. The molecular weight excluding hydrogens is 312 g/mol. The average molecular weight is 324 g/mol. The number of rotatable bonds is 4. The molecular formula is C15H12N6O3. The van der Waals surface area contributed by atoms with Gasteiger partial charge in [-0.1, -0.05) is 12.1 Å². The Labute approximate surface area is 136 Å². The first-order valence-electron chi connectivity index (χ1n) is 6.94. The highest BCUT2D eigenvalue weighted by molar-refractivity contribution is 6.05. The first-order chi connectivity index (χ1) is 11.5. The molecule has 9 heteroatoms. The summed E-state index contributed by atoms with van der Waals surface area (Å²) in [5, 5.41) is 24.4. The van der Waals surface area contributed by atoms with Crippen LogP contribution in [0.2, 0.25) is 0 Å². The zero-order chi connectivity index (χ0) is 17.1. The maximum absolute atomic E-state index is 12.4. The number of nitro benzene ring substituents is 1. The van der Waals surface area contributed by atoms with Crippen LogP contribution in [0, 0.1) is 17.0 Å². The van der Waals surface area contributed by atoms with Crippen LogP contribution in [-0.4, -0.2) is 31.0 Å². The summed E-state index contributed by atoms with van der Waals surface area (Å²) in [6.07, 6.45) is 1.42. The van der Waals surface area contributed by atoms with Crippen molar-refractivity contribution in [3.8, 4) is 5.69 Å². The molecule has 1 amide bonds. The smallest absolute Gasteiger partial charge is 0.271 e. The van der Waals surface area contributed by atoms with Gasteiger partial charge in [0.1, 0.15) is 6.33 Å². The van der Waals surface area contributed by atoms with Crippen molar-refractivity contribution in [1.29, 1.82) is 0 Å². The highest BCUT2D eigenvalue weighted by Crippen LogP contribution is 2.22. The summed E-state index contributed by atoms with van der Waals surface area (Å²) in [5.74, 6) is -0.381. The number of nitro groups is 1. The predicted molar refractivity (Wildman–Crippen MR) is 84.9 cm³/mol. The van der Waals surface area contributed by atoms with E-state index in [2.05, 4.69) is 20.8 Å². The van der Waals surface area contributed by atoms with Gasteiger partial charge in [-0.05, 0) is 41.1 Å². The van der Waals surface area contributed by atoms with E-state index >= 15 is 0 Å². The topological polar surface area (TPSA) is 116 Å². The summed E-state index contributed by atoms with van der Waals surface area (Å²) >= 11 is 0. The molecule has 0 radical (unpaired) electrons. The first-order valence-corrected chi connectivity index (χ1v) is 6.94. The minimum Gasteiger partial charge on any atom is -0.321 e. The third-order valence-electron chi connectivity index (χ3n) is 3.40. The van der Waals surface area contributed by atoms with Gasteiger partial charge in [0.2, 0.25) is 0 Å². The van der Waals surface area contributed by atoms with Gasteiger partial charge in [-0.25, -0.2) is 4.68 Å². The molecule has 0 saturated heterocycles. The van der Waals surface area contributed by atoms with E-state index in [4.69, 9.17) is 0 Å². The van der Waals surface area contributed by atoms with Crippen LogP contribution >= 0.6 is 0 Å². The summed E-state index contributed by atoms with van der Waals surface area (Å²) in [6.45, 7) is 1.76. The van der Waals surface area contributed by atoms with E-state index in [9.17, 15) is 14.9 Å². The summed E-state index contributed by atoms with van der Waals surface area (Å²) < 4.78 is 1.43. The summed E-state index contributed by atoms with van der Waals surface area (Å²) in [6, 6.07) is 11.0. The number of amides is 1. The minimum atomic E-state index is -0.507. The van der Waals surface area contributed by atoms with Gasteiger partial charge >= 0.3 is 0 Å². The number of carbonyl (C=O) groups excluding carboxylic acids is 1. The van der Waals surface area contributed by atoms with Crippen LogP contribution in [0.15, 0.2) is 48.8 Å². The molecule has 0 aliphatic carbocycles. The Hall–Kier alpha value is -3.62. The fourth-order valence-corrected chi connectivity index (χ4v) is 2.12. The average Bonchev–Trinajstić information content (AvgIpc) is 3.11. The van der Waals surface area contributed by atoms with Gasteiger partial charge in [0, 0.05) is 17.7 Å². The summed E-state index contributed by atoms with van der Waals surface area (Å²) in [5.41, 5.74) is 2.04. The number of hydrogen-bond donors (Lipinski definition) is 1. The van der Waals surface area contributed by atoms with Crippen LogP contribution in [-0.2, 0) is 0 Å². The van der Waals surface area contributed by atoms with Crippen LogP contribution in [0.3, 0.4) is 0 Å². The van der Waals surface area contributed by atoms with Crippen molar-refractivity contribution >= 4 is 17.3 Å². The number of carbonyl (C=O) groups is 1. The normalized spacial score (nSPS) is 10.4. The lowest BCUT2D eigenvalue weighted by Gasteiger charge is -2.09. The predicted octanol–water partition coefficient (Wildman–Crippen LogP) is 2.13. The monoisotopic (exact) mass is 324 g/mol. The molecule has 3 aromatic rings. The molecule has 1 heterocycles. The standard InChI is InChI=1S/C15H12N6O3/c1-10-5-6-13(21(23)24)8-14(10)17-15(22)11-3-2-4-12(7-11)20-9-16-18-19-20/h2-9H,1H3,(H,17,22). The van der Waals surface area contributed by atoms with E-state index < -0.39 is 4.92 Å². The zero-order valence-electron chi connectivity index (χ0n) is 12.6. The lowest BCUT2D eigenvalue weighted by molar-refractivity contribution is -0.384. The van der Waals surface area contributed by atoms with E-state index in [1.807, 2.05) is 0 Å². The van der Waals surface area contributed by atoms with E-state index in [1.165, 1.54) is 23.1 Å². The molecule has 1 aromatic heterocycles. The highest BCUT2D eigenvalue weighted by atomic mass is 16.6. The van der Waals surface area contributed by atoms with Gasteiger partial charge in [-0.15, -0.1) is 5.10 Å². The Bertz CT molecular complexity index is 907. The van der Waals surface area contributed by atoms with E-state index in [0.717, 1.165) is 5.56 Å². The zero-order valence-corrected chi connectivity index (χ0v) is 12.6. The Balaban J connectivity index is 1.87. The molecule has 0 saturated carbocycles. The quantitative estimate of drug-likeness (QED) is 0.580. The molecule has 9 nitrogen and oxygen atoms in total. The molecule has 24 heavy (non-hydrogen) atoms. The minimum absolute atomic E-state index is 0.0849. The third kappa shape index (κ3) is 3.09. The molecule has 0 aliphatic rings. The lowest BCUT2D eigenvalue weighted by Crippen LogP contribution is -2.13. The lowest BCUT2D eigenvalue weighted by atomic mass is 10.1. The molecule has 0 fully saturated rings. The number of anilines is 1. The van der Waals surface area contributed by atoms with Crippen LogP contribution in [0.25, 0.3) is 5.69 Å². The number of benzene rings is 2. The van der Waals surface area contributed by atoms with Crippen LogP contribution in [0.1, 0.15) is 15.9 Å². The van der Waals surface area contributed by atoms with Crippen molar-refractivity contribution in [3.63, 3.8) is 0 Å². The summed E-state index contributed by atoms with van der Waals surface area (Å²) in [4.78, 5) is 22.8. The first kappa shape index (κ1) is 15.3. The highest BCUT2D eigenvalue weighted by Gasteiger charge is 2.13. The molecule has 0 aliphatic heterocycles.